The summed E-state index contributed by atoms with van der Waals surface area (Å²) >= 11 is 0. The van der Waals surface area contributed by atoms with Gasteiger partial charge in [-0.3, -0.25) is 0 Å². The van der Waals surface area contributed by atoms with Gasteiger partial charge in [-0.25, -0.2) is 14.4 Å². The molecule has 7 heteroatoms. The lowest BCUT2D eigenvalue weighted by atomic mass is 10.1. The van der Waals surface area contributed by atoms with E-state index in [1.54, 1.807) is 18.3 Å². The highest BCUT2D eigenvalue weighted by Crippen LogP contribution is 2.29. The Morgan fingerprint density at radius 2 is 1.75 bits per heavy atom. The average molecular weight is 435 g/mol. The molecule has 2 saturated heterocycles. The highest BCUT2D eigenvalue weighted by Gasteiger charge is 2.47. The van der Waals surface area contributed by atoms with Crippen LogP contribution in [0.1, 0.15) is 12.0 Å². The Balaban J connectivity index is 1.14. The maximum absolute atomic E-state index is 13.6. The summed E-state index contributed by atoms with van der Waals surface area (Å²) in [5, 5.41) is 6.95. The molecular weight excluding hydrogens is 407 g/mol. The molecule has 2 fully saturated rings. The summed E-state index contributed by atoms with van der Waals surface area (Å²) < 4.78 is 25.7. The van der Waals surface area contributed by atoms with Crippen molar-refractivity contribution >= 4 is 5.95 Å². The Hall–Kier alpha value is -2.87. The molecule has 4 atom stereocenters. The van der Waals surface area contributed by atoms with Gasteiger partial charge in [0.25, 0.3) is 0 Å². The van der Waals surface area contributed by atoms with E-state index in [-0.39, 0.29) is 30.1 Å². The van der Waals surface area contributed by atoms with Crippen LogP contribution >= 0.6 is 0 Å². The molecule has 0 spiro atoms. The number of ether oxygens (including phenoxy) is 2. The molecule has 32 heavy (non-hydrogen) atoms. The summed E-state index contributed by atoms with van der Waals surface area (Å²) in [6, 6.07) is 18.8. The van der Waals surface area contributed by atoms with E-state index in [1.807, 2.05) is 12.1 Å². The Labute approximate surface area is 187 Å². The third-order valence-corrected chi connectivity index (χ3v) is 6.04. The van der Waals surface area contributed by atoms with Crippen LogP contribution in [-0.2, 0) is 15.9 Å². The predicted octanol–water partition coefficient (Wildman–Crippen LogP) is 3.45. The highest BCUT2D eigenvalue weighted by atomic mass is 19.1. The number of nitrogens with one attached hydrogen (secondary N) is 2. The zero-order chi connectivity index (χ0) is 21.8. The van der Waals surface area contributed by atoms with Crippen molar-refractivity contribution < 1.29 is 13.9 Å². The van der Waals surface area contributed by atoms with Gasteiger partial charge in [0.1, 0.15) is 18.0 Å². The second kappa shape index (κ2) is 9.73. The third kappa shape index (κ3) is 4.80. The molecule has 6 nitrogen and oxygen atoms in total. The number of anilines is 1. The van der Waals surface area contributed by atoms with Crippen LogP contribution in [0, 0.1) is 5.82 Å². The van der Waals surface area contributed by atoms with Gasteiger partial charge in [-0.2, -0.15) is 0 Å². The summed E-state index contributed by atoms with van der Waals surface area (Å²) in [5.74, 6) is 0.202. The molecule has 2 N–H and O–H groups in total. The lowest BCUT2D eigenvalue weighted by Gasteiger charge is -2.18. The molecule has 3 heterocycles. The Morgan fingerprint density at radius 3 is 2.59 bits per heavy atom. The van der Waals surface area contributed by atoms with Crippen LogP contribution in [0.15, 0.2) is 66.9 Å². The fourth-order valence-corrected chi connectivity index (χ4v) is 4.43. The van der Waals surface area contributed by atoms with E-state index in [9.17, 15) is 4.39 Å². The van der Waals surface area contributed by atoms with Crippen molar-refractivity contribution in [3.8, 4) is 11.3 Å². The fraction of sp³-hybridized carbons (Fsp3) is 0.360. The number of halogens is 1. The molecule has 3 aromatic rings. The first kappa shape index (κ1) is 21.0. The number of rotatable bonds is 8. The van der Waals surface area contributed by atoms with E-state index in [1.165, 1.54) is 17.7 Å². The van der Waals surface area contributed by atoms with Crippen LogP contribution in [0.3, 0.4) is 0 Å². The standard InChI is InChI=1S/C25H27FN4O2/c26-19-10-4-9-18(14-19)20-11-13-28-25(29-20)30-22-16-32-23-21(15-31-24(22)23)27-12-5-8-17-6-2-1-3-7-17/h1-4,6-7,9-11,13-14,21-24,27H,5,8,12,15-16H2,(H,28,29,30)/t21-,22-,23+,24+/m0/s1. The number of aromatic nitrogens is 2. The summed E-state index contributed by atoms with van der Waals surface area (Å²) in [4.78, 5) is 8.89. The van der Waals surface area contributed by atoms with Crippen LogP contribution in [0.25, 0.3) is 11.3 Å². The van der Waals surface area contributed by atoms with Crippen LogP contribution in [0.4, 0.5) is 10.3 Å². The molecular formula is C25H27FN4O2. The topological polar surface area (TPSA) is 68.3 Å². The molecule has 2 aromatic carbocycles. The molecule has 0 amide bonds. The van der Waals surface area contributed by atoms with Gasteiger partial charge in [0, 0.05) is 11.8 Å². The number of benzene rings is 2. The van der Waals surface area contributed by atoms with Gasteiger partial charge < -0.3 is 20.1 Å². The van der Waals surface area contributed by atoms with E-state index in [4.69, 9.17) is 9.47 Å². The van der Waals surface area contributed by atoms with Crippen molar-refractivity contribution in [3.63, 3.8) is 0 Å². The monoisotopic (exact) mass is 434 g/mol. The average Bonchev–Trinajstić information content (AvgIpc) is 3.41. The van der Waals surface area contributed by atoms with Crippen LogP contribution in [0.2, 0.25) is 0 Å². The van der Waals surface area contributed by atoms with Gasteiger partial charge in [-0.1, -0.05) is 42.5 Å². The first-order chi connectivity index (χ1) is 15.8. The van der Waals surface area contributed by atoms with Crippen molar-refractivity contribution in [2.75, 3.05) is 25.1 Å². The SMILES string of the molecule is Fc1cccc(-c2ccnc(N[C@H]3CO[C@H]4[C@@H]3OC[C@@H]4NCCCc3ccccc3)n2)c1. The first-order valence-corrected chi connectivity index (χ1v) is 11.1. The molecule has 0 bridgehead atoms. The van der Waals surface area contributed by atoms with Crippen molar-refractivity contribution in [1.82, 2.24) is 15.3 Å². The van der Waals surface area contributed by atoms with Crippen molar-refractivity contribution in [3.05, 3.63) is 78.2 Å². The van der Waals surface area contributed by atoms with Crippen molar-refractivity contribution in [2.45, 2.75) is 37.1 Å². The summed E-state index contributed by atoms with van der Waals surface area (Å²) in [6.07, 6.45) is 3.76. The van der Waals surface area contributed by atoms with Gasteiger partial charge in [-0.05, 0) is 43.1 Å². The van der Waals surface area contributed by atoms with E-state index in [0.29, 0.717) is 30.4 Å². The summed E-state index contributed by atoms with van der Waals surface area (Å²) in [6.45, 7) is 2.08. The van der Waals surface area contributed by atoms with E-state index in [2.05, 4.69) is 44.9 Å². The molecule has 0 aliphatic carbocycles. The van der Waals surface area contributed by atoms with Gasteiger partial charge in [0.2, 0.25) is 5.95 Å². The highest BCUT2D eigenvalue weighted by molar-refractivity contribution is 5.60. The van der Waals surface area contributed by atoms with E-state index in [0.717, 1.165) is 19.4 Å². The Kier molecular flexibility index (Phi) is 6.39. The molecule has 0 saturated carbocycles. The largest absolute Gasteiger partial charge is 0.371 e. The number of hydrogen-bond acceptors (Lipinski definition) is 6. The molecule has 166 valence electrons. The molecule has 2 aliphatic heterocycles. The van der Waals surface area contributed by atoms with E-state index < -0.39 is 0 Å². The summed E-state index contributed by atoms with van der Waals surface area (Å²) in [7, 11) is 0. The Morgan fingerprint density at radius 1 is 0.938 bits per heavy atom. The number of nitrogens with zero attached hydrogens (tertiary/aromatic N) is 2. The van der Waals surface area contributed by atoms with Crippen LogP contribution < -0.4 is 10.6 Å². The fourth-order valence-electron chi connectivity index (χ4n) is 4.43. The quantitative estimate of drug-likeness (QED) is 0.530. The first-order valence-electron chi connectivity index (χ1n) is 11.1. The number of fused-ring (bicyclic) bond motifs is 1. The van der Waals surface area contributed by atoms with Gasteiger partial charge in [0.05, 0.1) is 31.0 Å². The third-order valence-electron chi connectivity index (χ3n) is 6.04. The van der Waals surface area contributed by atoms with Gasteiger partial charge in [0.15, 0.2) is 0 Å². The van der Waals surface area contributed by atoms with Gasteiger partial charge >= 0.3 is 0 Å². The maximum atomic E-state index is 13.6. The maximum Gasteiger partial charge on any atom is 0.223 e. The second-order valence-electron chi connectivity index (χ2n) is 8.27. The Bertz CT molecular complexity index is 1040. The normalized spacial score (nSPS) is 24.4. The minimum Gasteiger partial charge on any atom is -0.371 e. The van der Waals surface area contributed by atoms with Crippen molar-refractivity contribution in [2.24, 2.45) is 0 Å². The van der Waals surface area contributed by atoms with Crippen LogP contribution in [-0.4, -0.2) is 54.0 Å². The predicted molar refractivity (Wildman–Crippen MR) is 121 cm³/mol. The van der Waals surface area contributed by atoms with Crippen LogP contribution in [0.5, 0.6) is 0 Å². The number of hydrogen-bond donors (Lipinski definition) is 2. The zero-order valence-corrected chi connectivity index (χ0v) is 17.8. The molecule has 5 rings (SSSR count). The molecule has 0 unspecified atom stereocenters. The number of aryl methyl sites for hydroxylation is 1. The smallest absolute Gasteiger partial charge is 0.223 e. The molecule has 0 radical (unpaired) electrons. The molecule has 1 aromatic heterocycles. The lowest BCUT2D eigenvalue weighted by Crippen LogP contribution is -2.42. The molecule has 2 aliphatic rings. The van der Waals surface area contributed by atoms with Gasteiger partial charge in [-0.15, -0.1) is 0 Å². The van der Waals surface area contributed by atoms with E-state index >= 15 is 0 Å². The van der Waals surface area contributed by atoms with Crippen molar-refractivity contribution in [1.29, 1.82) is 0 Å². The second-order valence-corrected chi connectivity index (χ2v) is 8.27. The minimum absolute atomic E-state index is 0.00984. The minimum atomic E-state index is -0.288. The zero-order valence-electron chi connectivity index (χ0n) is 17.8. The summed E-state index contributed by atoms with van der Waals surface area (Å²) in [5.41, 5.74) is 2.74. The lowest BCUT2D eigenvalue weighted by molar-refractivity contribution is 0.0676.